The van der Waals surface area contributed by atoms with Crippen LogP contribution in [-0.2, 0) is 9.13 Å². The minimum Gasteiger partial charge on any atom is -0.772 e. The average Bonchev–Trinajstić information content (AvgIpc) is 2.95. The van der Waals surface area contributed by atoms with Gasteiger partial charge in [-0.25, -0.2) is 0 Å². The number of hydrogen-bond acceptors (Lipinski definition) is 4. The van der Waals surface area contributed by atoms with Crippen LogP contribution in [0.15, 0.2) is 37.4 Å². The molecule has 0 aliphatic carbocycles. The van der Waals surface area contributed by atoms with Crippen LogP contribution in [0.25, 0.3) is 0 Å². The maximum atomic E-state index is 9.41. The molecule has 0 amide bonds. The van der Waals surface area contributed by atoms with Gasteiger partial charge in [0.1, 0.15) is 24.8 Å². The molecule has 0 bridgehead atoms. The Labute approximate surface area is 101 Å². The van der Waals surface area contributed by atoms with E-state index >= 15 is 0 Å². The van der Waals surface area contributed by atoms with Crippen LogP contribution in [0.4, 0.5) is 0 Å². The molecular formula is C6H12N4O6P2. The van der Waals surface area contributed by atoms with Crippen molar-refractivity contribution in [1.29, 1.82) is 0 Å². The SMILES string of the molecule is O=P([O-])(O)P(=O)([O-])O.c1c[nH+]c[nH]1.c1c[nH+]c[nH]1. The predicted octanol–water partition coefficient (Wildman–Crippen LogP) is -2.35. The van der Waals surface area contributed by atoms with Crippen LogP contribution in [0.5, 0.6) is 0 Å². The first kappa shape index (κ1) is 16.7. The number of aromatic nitrogens is 4. The molecule has 0 spiro atoms. The molecule has 2 aromatic heterocycles. The topological polar surface area (TPSA) is 181 Å². The highest BCUT2D eigenvalue weighted by molar-refractivity contribution is 8.24. The van der Waals surface area contributed by atoms with Gasteiger partial charge in [-0.1, -0.05) is 0 Å². The first-order valence-electron chi connectivity index (χ1n) is 4.31. The van der Waals surface area contributed by atoms with Crippen LogP contribution in [0.1, 0.15) is 0 Å². The molecule has 0 aliphatic rings. The molecule has 0 saturated heterocycles. The van der Waals surface area contributed by atoms with E-state index in [0.29, 0.717) is 0 Å². The number of hydrogen-bond donors (Lipinski definition) is 4. The van der Waals surface area contributed by atoms with Crippen LogP contribution in [-0.4, -0.2) is 19.8 Å². The molecule has 2 atom stereocenters. The third-order valence-corrected chi connectivity index (χ3v) is 3.76. The molecule has 0 fully saturated rings. The Hall–Kier alpha value is -1.28. The Balaban J connectivity index is 0.000000250. The summed E-state index contributed by atoms with van der Waals surface area (Å²) >= 11 is 0. The Bertz CT molecular complexity index is 393. The summed E-state index contributed by atoms with van der Waals surface area (Å²) in [5.41, 5.74) is 0. The molecule has 0 saturated carbocycles. The molecule has 2 unspecified atom stereocenters. The minimum atomic E-state index is -5.54. The van der Waals surface area contributed by atoms with E-state index in [0.717, 1.165) is 0 Å². The van der Waals surface area contributed by atoms with Gasteiger partial charge in [0.05, 0.1) is 0 Å². The molecule has 102 valence electrons. The van der Waals surface area contributed by atoms with Gasteiger partial charge in [0.15, 0.2) is 0 Å². The fourth-order valence-corrected chi connectivity index (χ4v) is 0.481. The van der Waals surface area contributed by atoms with Gasteiger partial charge in [-0.15, -0.1) is 0 Å². The second-order valence-electron chi connectivity index (χ2n) is 2.60. The molecular weight excluding hydrogens is 286 g/mol. The van der Waals surface area contributed by atoms with Gasteiger partial charge in [0.25, 0.3) is 0 Å². The second-order valence-corrected chi connectivity index (χ2v) is 7.60. The zero-order valence-electron chi connectivity index (χ0n) is 8.89. The number of H-pyrrole nitrogens is 4. The zero-order valence-corrected chi connectivity index (χ0v) is 10.7. The van der Waals surface area contributed by atoms with Gasteiger partial charge in [-0.2, -0.15) is 0 Å². The molecule has 0 aromatic carbocycles. The largest absolute Gasteiger partial charge is 0.772 e. The van der Waals surface area contributed by atoms with Crippen molar-refractivity contribution in [2.45, 2.75) is 0 Å². The van der Waals surface area contributed by atoms with E-state index in [-0.39, 0.29) is 0 Å². The lowest BCUT2D eigenvalue weighted by atomic mass is 11.0. The predicted molar refractivity (Wildman–Crippen MR) is 54.3 cm³/mol. The summed E-state index contributed by atoms with van der Waals surface area (Å²) in [6, 6.07) is 0. The summed E-state index contributed by atoms with van der Waals surface area (Å²) in [6.45, 7) is 0. The van der Waals surface area contributed by atoms with Gasteiger partial charge in [-0.3, -0.25) is 19.9 Å². The van der Waals surface area contributed by atoms with Crippen molar-refractivity contribution in [2.24, 2.45) is 0 Å². The normalized spacial score (nSPS) is 16.0. The van der Waals surface area contributed by atoms with Crippen molar-refractivity contribution >= 4 is 14.6 Å². The smallest absolute Gasteiger partial charge is 0.239 e. The standard InChI is InChI=1S/2C3H4N2.H4O6P2/c2*1-2-5-3-4-1;1-7(2,3)8(4,5)6/h2*1-3H,(H,4,5);(H2,1,2,3)(H2,4,5,6). The summed E-state index contributed by atoms with van der Waals surface area (Å²) < 4.78 is 18.8. The first-order chi connectivity index (χ1) is 8.25. The van der Waals surface area contributed by atoms with E-state index < -0.39 is 14.6 Å². The van der Waals surface area contributed by atoms with Crippen molar-refractivity contribution in [2.75, 3.05) is 0 Å². The van der Waals surface area contributed by atoms with Crippen molar-refractivity contribution in [3.63, 3.8) is 0 Å². The van der Waals surface area contributed by atoms with Crippen LogP contribution in [0.2, 0.25) is 0 Å². The third kappa shape index (κ3) is 8.82. The first-order valence-corrected chi connectivity index (χ1v) is 8.17. The molecule has 2 aromatic rings. The van der Waals surface area contributed by atoms with E-state index in [4.69, 9.17) is 9.79 Å². The molecule has 2 rings (SSSR count). The lowest BCUT2D eigenvalue weighted by molar-refractivity contribution is -0.376. The van der Waals surface area contributed by atoms with E-state index in [1.54, 1.807) is 12.7 Å². The highest BCUT2D eigenvalue weighted by Gasteiger charge is 2.15. The van der Waals surface area contributed by atoms with Gasteiger partial charge in [-0.05, 0) is 0 Å². The quantitative estimate of drug-likeness (QED) is 0.427. The van der Waals surface area contributed by atoms with Gasteiger partial charge >= 0.3 is 0 Å². The molecule has 10 nitrogen and oxygen atoms in total. The average molecular weight is 298 g/mol. The number of rotatable bonds is 1. The zero-order chi connectivity index (χ0) is 14.1. The lowest BCUT2D eigenvalue weighted by Crippen LogP contribution is -2.08. The molecule has 0 aliphatic heterocycles. The van der Waals surface area contributed by atoms with Crippen LogP contribution in [0.3, 0.4) is 0 Å². The van der Waals surface area contributed by atoms with Crippen molar-refractivity contribution in [3.8, 4) is 0 Å². The number of aromatic amines is 4. The van der Waals surface area contributed by atoms with Crippen molar-refractivity contribution < 1.29 is 38.7 Å². The Morgan fingerprint density at radius 3 is 1.28 bits per heavy atom. The van der Waals surface area contributed by atoms with Gasteiger partial charge < -0.3 is 28.7 Å². The maximum Gasteiger partial charge on any atom is 0.239 e. The van der Waals surface area contributed by atoms with Gasteiger partial charge in [0.2, 0.25) is 27.2 Å². The fourth-order valence-electron chi connectivity index (χ4n) is 0.481. The number of imidazole rings is 2. The third-order valence-electron chi connectivity index (χ3n) is 1.20. The summed E-state index contributed by atoms with van der Waals surface area (Å²) in [4.78, 5) is 45.1. The fraction of sp³-hybridized carbons (Fsp3) is 0. The summed E-state index contributed by atoms with van der Waals surface area (Å²) in [7, 11) is -11.1. The van der Waals surface area contributed by atoms with E-state index in [1.165, 1.54) is 0 Å². The van der Waals surface area contributed by atoms with Crippen LogP contribution in [0, 0.1) is 0 Å². The van der Waals surface area contributed by atoms with E-state index in [9.17, 15) is 18.9 Å². The van der Waals surface area contributed by atoms with Crippen molar-refractivity contribution in [1.82, 2.24) is 9.97 Å². The molecule has 6 N–H and O–H groups in total. The summed E-state index contributed by atoms with van der Waals surface area (Å²) in [6.07, 6.45) is 10.8. The van der Waals surface area contributed by atoms with Gasteiger partial charge in [0, 0.05) is 0 Å². The molecule has 2 heterocycles. The molecule has 0 radical (unpaired) electrons. The summed E-state index contributed by atoms with van der Waals surface area (Å²) in [5.74, 6) is 0. The highest BCUT2D eigenvalue weighted by Crippen LogP contribution is 2.65. The molecule has 12 heteroatoms. The monoisotopic (exact) mass is 298 g/mol. The number of nitrogens with one attached hydrogen (secondary N) is 4. The Kier molecular flexibility index (Phi) is 7.37. The second kappa shape index (κ2) is 7.93. The van der Waals surface area contributed by atoms with E-state index in [1.807, 2.05) is 24.8 Å². The van der Waals surface area contributed by atoms with Crippen LogP contribution < -0.4 is 19.8 Å². The minimum absolute atomic E-state index is 1.75. The Morgan fingerprint density at radius 1 is 0.889 bits per heavy atom. The summed E-state index contributed by atoms with van der Waals surface area (Å²) in [5, 5.41) is 0. The van der Waals surface area contributed by atoms with Crippen LogP contribution >= 0.6 is 14.6 Å². The van der Waals surface area contributed by atoms with Crippen molar-refractivity contribution in [3.05, 3.63) is 37.4 Å². The highest BCUT2D eigenvalue weighted by atomic mass is 32.1. The maximum absolute atomic E-state index is 9.41. The Morgan fingerprint density at radius 2 is 1.22 bits per heavy atom. The molecule has 18 heavy (non-hydrogen) atoms. The van der Waals surface area contributed by atoms with E-state index in [2.05, 4.69) is 19.9 Å². The lowest BCUT2D eigenvalue weighted by Gasteiger charge is -2.25.